The molecule has 0 aliphatic heterocycles. The summed E-state index contributed by atoms with van der Waals surface area (Å²) >= 11 is 0. The van der Waals surface area contributed by atoms with Gasteiger partial charge in [-0.15, -0.1) is 0 Å². The van der Waals surface area contributed by atoms with E-state index in [1.165, 1.54) is 5.56 Å². The van der Waals surface area contributed by atoms with Crippen molar-refractivity contribution in [3.63, 3.8) is 0 Å². The molecular weight excluding hydrogens is 486 g/mol. The number of nitrogens with one attached hydrogen (secondary N) is 1. The van der Waals surface area contributed by atoms with Gasteiger partial charge in [-0.25, -0.2) is 0 Å². The fraction of sp³-hybridized carbons (Fsp3) is 0.364. The van der Waals surface area contributed by atoms with Gasteiger partial charge >= 0.3 is 0 Å². The summed E-state index contributed by atoms with van der Waals surface area (Å²) in [6, 6.07) is 22.3. The fourth-order valence-electron chi connectivity index (χ4n) is 4.45. The highest BCUT2D eigenvalue weighted by Gasteiger charge is 2.14. The summed E-state index contributed by atoms with van der Waals surface area (Å²) in [6.45, 7) is 14.8. The van der Waals surface area contributed by atoms with E-state index >= 15 is 0 Å². The molecule has 1 aromatic heterocycles. The van der Waals surface area contributed by atoms with Crippen molar-refractivity contribution in [2.75, 3.05) is 38.7 Å². The lowest BCUT2D eigenvalue weighted by Crippen LogP contribution is -2.25. The lowest BCUT2D eigenvalue weighted by molar-refractivity contribution is 0.243. The van der Waals surface area contributed by atoms with Gasteiger partial charge in [-0.1, -0.05) is 46.8 Å². The summed E-state index contributed by atoms with van der Waals surface area (Å²) in [5.41, 5.74) is 4.29. The van der Waals surface area contributed by atoms with Crippen LogP contribution in [0.3, 0.4) is 0 Å². The van der Waals surface area contributed by atoms with E-state index in [1.807, 2.05) is 42.5 Å². The number of anilines is 2. The minimum absolute atomic E-state index is 0.137. The molecule has 0 unspecified atom stereocenters. The number of benzene rings is 3. The van der Waals surface area contributed by atoms with Crippen LogP contribution in [0.5, 0.6) is 23.0 Å². The molecule has 0 bridgehead atoms. The summed E-state index contributed by atoms with van der Waals surface area (Å²) in [5.74, 6) is 2.82. The van der Waals surface area contributed by atoms with E-state index in [2.05, 4.69) is 74.1 Å². The van der Waals surface area contributed by atoms with Gasteiger partial charge in [-0.2, -0.15) is 0 Å². The molecular formula is C33H41N3O3. The molecule has 6 heteroatoms. The summed E-state index contributed by atoms with van der Waals surface area (Å²) in [7, 11) is 1.66. The Morgan fingerprint density at radius 3 is 2.10 bits per heavy atom. The van der Waals surface area contributed by atoms with Gasteiger partial charge in [-0.3, -0.25) is 4.98 Å². The van der Waals surface area contributed by atoms with Crippen molar-refractivity contribution < 1.29 is 14.2 Å². The van der Waals surface area contributed by atoms with Crippen LogP contribution in [0.15, 0.2) is 72.9 Å². The molecule has 0 saturated heterocycles. The molecule has 0 saturated carbocycles. The van der Waals surface area contributed by atoms with Crippen LogP contribution in [0.25, 0.3) is 10.9 Å². The summed E-state index contributed by atoms with van der Waals surface area (Å²) in [4.78, 5) is 6.94. The van der Waals surface area contributed by atoms with E-state index in [1.54, 1.807) is 13.3 Å². The Balaban J connectivity index is 1.44. The van der Waals surface area contributed by atoms with Crippen LogP contribution in [0, 0.1) is 0 Å². The SMILES string of the molecule is CCN(CC)CCCOc1cc2nccc(Oc3ccc(Nc4ccc(C(C)(C)C)cc4)cc3)c2cc1OC. The number of methoxy groups -OCH3 is 1. The van der Waals surface area contributed by atoms with Gasteiger partial charge in [-0.05, 0) is 79.0 Å². The standard InChI is InChI=1S/C33H41N3O3/c1-7-36(8-2)20-9-21-38-32-23-29-28(22-31(32)37-6)30(18-19-34-29)39-27-16-14-26(15-17-27)35-25-12-10-24(11-13-25)33(3,4)5/h10-19,22-23,35H,7-9,20-21H2,1-6H3. The first kappa shape index (κ1) is 28.2. The highest BCUT2D eigenvalue weighted by Crippen LogP contribution is 2.37. The molecule has 0 aliphatic carbocycles. The second-order valence-electron chi connectivity index (χ2n) is 10.6. The van der Waals surface area contributed by atoms with Crippen molar-refractivity contribution in [3.05, 3.63) is 78.5 Å². The minimum atomic E-state index is 0.137. The van der Waals surface area contributed by atoms with Gasteiger partial charge in [0.15, 0.2) is 11.5 Å². The molecule has 0 atom stereocenters. The second-order valence-corrected chi connectivity index (χ2v) is 10.6. The number of rotatable bonds is 12. The quantitative estimate of drug-likeness (QED) is 0.187. The van der Waals surface area contributed by atoms with E-state index < -0.39 is 0 Å². The van der Waals surface area contributed by atoms with Crippen LogP contribution in [0.2, 0.25) is 0 Å². The smallest absolute Gasteiger partial charge is 0.163 e. The molecule has 3 aromatic carbocycles. The first-order valence-corrected chi connectivity index (χ1v) is 13.8. The summed E-state index contributed by atoms with van der Waals surface area (Å²) in [5, 5.41) is 4.33. The maximum atomic E-state index is 6.27. The van der Waals surface area contributed by atoms with Crippen LogP contribution in [-0.2, 0) is 5.41 Å². The van der Waals surface area contributed by atoms with Gasteiger partial charge in [0.05, 0.1) is 19.2 Å². The maximum Gasteiger partial charge on any atom is 0.163 e. The molecule has 1 heterocycles. The van der Waals surface area contributed by atoms with E-state index in [0.717, 1.165) is 54.1 Å². The highest BCUT2D eigenvalue weighted by atomic mass is 16.5. The van der Waals surface area contributed by atoms with Gasteiger partial charge < -0.3 is 24.4 Å². The predicted octanol–water partition coefficient (Wildman–Crippen LogP) is 8.19. The van der Waals surface area contributed by atoms with Crippen molar-refractivity contribution in [2.24, 2.45) is 0 Å². The lowest BCUT2D eigenvalue weighted by Gasteiger charge is -2.19. The molecule has 1 N–H and O–H groups in total. The molecule has 0 aliphatic rings. The van der Waals surface area contributed by atoms with Gasteiger partial charge in [0.25, 0.3) is 0 Å². The molecule has 6 nitrogen and oxygen atoms in total. The lowest BCUT2D eigenvalue weighted by atomic mass is 9.87. The number of hydrogen-bond acceptors (Lipinski definition) is 6. The molecule has 39 heavy (non-hydrogen) atoms. The molecule has 0 fully saturated rings. The molecule has 0 spiro atoms. The third-order valence-corrected chi connectivity index (χ3v) is 6.88. The number of fused-ring (bicyclic) bond motifs is 1. The Labute approximate surface area is 232 Å². The second kappa shape index (κ2) is 12.9. The van der Waals surface area contributed by atoms with Crippen molar-refractivity contribution in [1.29, 1.82) is 0 Å². The van der Waals surface area contributed by atoms with E-state index in [0.29, 0.717) is 23.9 Å². The van der Waals surface area contributed by atoms with Crippen molar-refractivity contribution in [1.82, 2.24) is 9.88 Å². The van der Waals surface area contributed by atoms with Gasteiger partial charge in [0, 0.05) is 35.6 Å². The van der Waals surface area contributed by atoms with Crippen LogP contribution >= 0.6 is 0 Å². The largest absolute Gasteiger partial charge is 0.493 e. The van der Waals surface area contributed by atoms with Crippen LogP contribution in [-0.4, -0.2) is 43.2 Å². The summed E-state index contributed by atoms with van der Waals surface area (Å²) < 4.78 is 18.0. The van der Waals surface area contributed by atoms with Gasteiger partial charge in [0.1, 0.15) is 11.5 Å². The highest BCUT2D eigenvalue weighted by molar-refractivity contribution is 5.88. The number of aromatic nitrogens is 1. The first-order valence-electron chi connectivity index (χ1n) is 13.8. The maximum absolute atomic E-state index is 6.27. The molecule has 4 aromatic rings. The van der Waals surface area contributed by atoms with Crippen LogP contribution in [0.4, 0.5) is 11.4 Å². The van der Waals surface area contributed by atoms with Crippen LogP contribution < -0.4 is 19.5 Å². The van der Waals surface area contributed by atoms with E-state index in [9.17, 15) is 0 Å². The number of pyridine rings is 1. The Morgan fingerprint density at radius 1 is 0.821 bits per heavy atom. The summed E-state index contributed by atoms with van der Waals surface area (Å²) in [6.07, 6.45) is 2.71. The van der Waals surface area contributed by atoms with Crippen molar-refractivity contribution in [2.45, 2.75) is 46.5 Å². The zero-order valence-corrected chi connectivity index (χ0v) is 24.1. The van der Waals surface area contributed by atoms with E-state index in [-0.39, 0.29) is 5.41 Å². The zero-order valence-electron chi connectivity index (χ0n) is 24.1. The Kier molecular flexibility index (Phi) is 9.31. The van der Waals surface area contributed by atoms with Gasteiger partial charge in [0.2, 0.25) is 0 Å². The predicted molar refractivity (Wildman–Crippen MR) is 161 cm³/mol. The Hall–Kier alpha value is -3.77. The minimum Gasteiger partial charge on any atom is -0.493 e. The third kappa shape index (κ3) is 7.42. The Bertz CT molecular complexity index is 1340. The van der Waals surface area contributed by atoms with Crippen molar-refractivity contribution in [3.8, 4) is 23.0 Å². The number of hydrogen-bond donors (Lipinski definition) is 1. The molecule has 0 amide bonds. The van der Waals surface area contributed by atoms with Crippen molar-refractivity contribution >= 4 is 22.3 Å². The average molecular weight is 528 g/mol. The number of ether oxygens (including phenoxy) is 3. The zero-order chi connectivity index (χ0) is 27.8. The first-order chi connectivity index (χ1) is 18.8. The third-order valence-electron chi connectivity index (χ3n) is 6.88. The normalized spacial score (nSPS) is 11.6. The molecule has 0 radical (unpaired) electrons. The average Bonchev–Trinajstić information content (AvgIpc) is 2.94. The van der Waals surface area contributed by atoms with E-state index in [4.69, 9.17) is 14.2 Å². The topological polar surface area (TPSA) is 55.9 Å². The molecule has 4 rings (SSSR count). The van der Waals surface area contributed by atoms with Crippen LogP contribution in [0.1, 0.15) is 46.6 Å². The molecule has 206 valence electrons. The Morgan fingerprint density at radius 2 is 1.49 bits per heavy atom. The fourth-order valence-corrected chi connectivity index (χ4v) is 4.45. The number of nitrogens with zero attached hydrogens (tertiary/aromatic N) is 2. The monoisotopic (exact) mass is 527 g/mol.